The van der Waals surface area contributed by atoms with Gasteiger partial charge in [-0.3, -0.25) is 19.4 Å². The van der Waals surface area contributed by atoms with E-state index < -0.39 is 15.4 Å². The van der Waals surface area contributed by atoms with Crippen LogP contribution in [0, 0.1) is 0 Å². The number of likely N-dealkylation sites (N-methyl/N-ethyl adjacent to an activating group) is 1. The maximum absolute atomic E-state index is 13.2. The number of carbonyl (C=O) groups is 1. The molecule has 7 rings (SSSR count). The Bertz CT molecular complexity index is 1600. The Morgan fingerprint density at radius 2 is 1.73 bits per heavy atom. The van der Waals surface area contributed by atoms with Crippen LogP contribution in [0.15, 0.2) is 36.7 Å². The van der Waals surface area contributed by atoms with Gasteiger partial charge in [0.25, 0.3) is 0 Å². The molecular formula is C29H35ClN6O3S. The van der Waals surface area contributed by atoms with E-state index >= 15 is 0 Å². The third-order valence-corrected chi connectivity index (χ3v) is 9.76. The lowest BCUT2D eigenvalue weighted by molar-refractivity contribution is -0.125. The Balaban J connectivity index is 0.00000289. The molecule has 0 bridgehead atoms. The molecule has 1 saturated carbocycles. The molecule has 11 heteroatoms. The second kappa shape index (κ2) is 9.85. The number of carbonyl (C=O) groups excluding carboxylic acids is 1. The largest absolute Gasteiger partial charge is 0.352 e. The molecule has 1 amide bonds. The van der Waals surface area contributed by atoms with Gasteiger partial charge in [0.15, 0.2) is 5.82 Å². The summed E-state index contributed by atoms with van der Waals surface area (Å²) in [7, 11) is -1.66. The van der Waals surface area contributed by atoms with Crippen molar-refractivity contribution in [3.63, 3.8) is 0 Å². The number of nitrogens with zero attached hydrogens (tertiary/aromatic N) is 5. The Morgan fingerprint density at radius 1 is 0.975 bits per heavy atom. The molecule has 1 aromatic carbocycles. The fourth-order valence-electron chi connectivity index (χ4n) is 6.94. The Morgan fingerprint density at radius 3 is 2.40 bits per heavy atom. The molecule has 3 aliphatic heterocycles. The van der Waals surface area contributed by atoms with Crippen molar-refractivity contribution in [3.8, 4) is 11.1 Å². The number of amides is 1. The summed E-state index contributed by atoms with van der Waals surface area (Å²) in [6, 6.07) is 8.44. The summed E-state index contributed by atoms with van der Waals surface area (Å²) in [5.74, 6) is 0.827. The molecule has 2 saturated heterocycles. The average Bonchev–Trinajstić information content (AvgIpc) is 3.10. The van der Waals surface area contributed by atoms with E-state index in [-0.39, 0.29) is 18.3 Å². The number of likely N-dealkylation sites (tertiary alicyclic amines) is 1. The van der Waals surface area contributed by atoms with Crippen LogP contribution in [0.5, 0.6) is 0 Å². The van der Waals surface area contributed by atoms with Gasteiger partial charge in [-0.1, -0.05) is 18.9 Å². The number of nitrogens with one attached hydrogen (secondary N) is 1. The SMILES string of the molecule is CN1C(=O)C2(CCC2)c2c1cnc1ccc(-c3cnc(N4CC(N5CCCCC5)C4)c(NS(C)(=O)=O)c3)cc21.Cl. The second-order valence-corrected chi connectivity index (χ2v) is 13.4. The van der Waals surface area contributed by atoms with E-state index in [9.17, 15) is 13.2 Å². The van der Waals surface area contributed by atoms with Crippen molar-refractivity contribution in [2.75, 3.05) is 54.0 Å². The van der Waals surface area contributed by atoms with Crippen LogP contribution in [0.2, 0.25) is 0 Å². The van der Waals surface area contributed by atoms with Crippen LogP contribution < -0.4 is 14.5 Å². The number of aromatic nitrogens is 2. The molecule has 40 heavy (non-hydrogen) atoms. The maximum Gasteiger partial charge on any atom is 0.237 e. The lowest BCUT2D eigenvalue weighted by atomic mass is 9.64. The first kappa shape index (κ1) is 27.2. The molecule has 1 aliphatic carbocycles. The fourth-order valence-corrected chi connectivity index (χ4v) is 7.49. The summed E-state index contributed by atoms with van der Waals surface area (Å²) in [6.45, 7) is 3.98. The van der Waals surface area contributed by atoms with E-state index in [0.29, 0.717) is 17.5 Å². The Kier molecular flexibility index (Phi) is 6.71. The summed E-state index contributed by atoms with van der Waals surface area (Å²) in [4.78, 5) is 29.1. The zero-order valence-corrected chi connectivity index (χ0v) is 24.5. The standard InChI is InChI=1S/C29H34N6O3S.ClH/c1-33-25-16-30-23-8-7-19(13-22(23)26(25)29(28(33)36)9-6-10-29)20-14-24(32-39(2,37)38)27(31-15-20)35-17-21(18-35)34-11-4-3-5-12-34;/h7-8,13-16,21,32H,3-6,9-12,17-18H2,1-2H3;1H. The Labute approximate surface area is 241 Å². The second-order valence-electron chi connectivity index (χ2n) is 11.7. The van der Waals surface area contributed by atoms with Crippen LogP contribution in [0.1, 0.15) is 44.1 Å². The van der Waals surface area contributed by atoms with Crippen molar-refractivity contribution in [2.24, 2.45) is 0 Å². The topological polar surface area (TPSA) is 98.7 Å². The van der Waals surface area contributed by atoms with Gasteiger partial charge >= 0.3 is 0 Å². The lowest BCUT2D eigenvalue weighted by Gasteiger charge is -2.47. The van der Waals surface area contributed by atoms with Gasteiger partial charge in [-0.05, 0) is 62.5 Å². The number of benzene rings is 1. The summed E-state index contributed by atoms with van der Waals surface area (Å²) in [6.07, 6.45) is 11.4. The van der Waals surface area contributed by atoms with Gasteiger partial charge in [0.1, 0.15) is 0 Å². The number of pyridine rings is 2. The van der Waals surface area contributed by atoms with Gasteiger partial charge in [0.2, 0.25) is 15.9 Å². The van der Waals surface area contributed by atoms with Crippen molar-refractivity contribution in [3.05, 3.63) is 42.2 Å². The molecule has 3 aromatic rings. The highest BCUT2D eigenvalue weighted by Crippen LogP contribution is 2.55. The van der Waals surface area contributed by atoms with Gasteiger partial charge in [0.05, 0.1) is 34.8 Å². The smallest absolute Gasteiger partial charge is 0.237 e. The minimum absolute atomic E-state index is 0. The summed E-state index contributed by atoms with van der Waals surface area (Å²) >= 11 is 0. The first-order valence-corrected chi connectivity index (χ1v) is 15.8. The predicted molar refractivity (Wildman–Crippen MR) is 161 cm³/mol. The third-order valence-electron chi connectivity index (χ3n) is 9.17. The molecule has 5 heterocycles. The van der Waals surface area contributed by atoms with Crippen LogP contribution in [-0.2, 0) is 20.2 Å². The van der Waals surface area contributed by atoms with Gasteiger partial charge in [-0.25, -0.2) is 13.4 Å². The van der Waals surface area contributed by atoms with E-state index in [2.05, 4.69) is 25.6 Å². The third kappa shape index (κ3) is 4.31. The summed E-state index contributed by atoms with van der Waals surface area (Å²) < 4.78 is 27.3. The molecule has 212 valence electrons. The highest BCUT2D eigenvalue weighted by atomic mass is 35.5. The highest BCUT2D eigenvalue weighted by molar-refractivity contribution is 7.92. The molecule has 1 spiro atoms. The van der Waals surface area contributed by atoms with Crippen LogP contribution >= 0.6 is 12.4 Å². The first-order valence-electron chi connectivity index (χ1n) is 13.9. The number of hydrogen-bond acceptors (Lipinski definition) is 7. The zero-order valence-electron chi connectivity index (χ0n) is 22.9. The number of halogens is 1. The molecule has 2 aromatic heterocycles. The van der Waals surface area contributed by atoms with Crippen LogP contribution in [0.3, 0.4) is 0 Å². The van der Waals surface area contributed by atoms with Crippen molar-refractivity contribution >= 4 is 56.4 Å². The highest BCUT2D eigenvalue weighted by Gasteiger charge is 2.54. The molecule has 3 fully saturated rings. The van der Waals surface area contributed by atoms with E-state index in [1.165, 1.54) is 25.5 Å². The average molecular weight is 583 g/mol. The van der Waals surface area contributed by atoms with Crippen LogP contribution in [0.4, 0.5) is 17.2 Å². The van der Waals surface area contributed by atoms with Crippen molar-refractivity contribution in [2.45, 2.75) is 50.0 Å². The van der Waals surface area contributed by atoms with E-state index in [1.807, 2.05) is 37.6 Å². The van der Waals surface area contributed by atoms with Crippen LogP contribution in [-0.4, -0.2) is 74.7 Å². The minimum Gasteiger partial charge on any atom is -0.352 e. The molecular weight excluding hydrogens is 548 g/mol. The van der Waals surface area contributed by atoms with Crippen molar-refractivity contribution in [1.29, 1.82) is 0 Å². The minimum atomic E-state index is -3.50. The number of hydrogen-bond donors (Lipinski definition) is 1. The van der Waals surface area contributed by atoms with E-state index in [4.69, 9.17) is 4.98 Å². The lowest BCUT2D eigenvalue weighted by Crippen LogP contribution is -2.60. The van der Waals surface area contributed by atoms with Gasteiger partial charge in [0, 0.05) is 48.9 Å². The van der Waals surface area contributed by atoms with Gasteiger partial charge in [-0.15, -0.1) is 12.4 Å². The van der Waals surface area contributed by atoms with Gasteiger partial charge < -0.3 is 9.80 Å². The molecule has 4 aliphatic rings. The van der Waals surface area contributed by atoms with Crippen molar-refractivity contribution in [1.82, 2.24) is 14.9 Å². The monoisotopic (exact) mass is 582 g/mol. The summed E-state index contributed by atoms with van der Waals surface area (Å²) in [5.41, 5.74) is 4.61. The number of fused-ring (bicyclic) bond motifs is 4. The maximum atomic E-state index is 13.2. The predicted octanol–water partition coefficient (Wildman–Crippen LogP) is 4.16. The fraction of sp³-hybridized carbons (Fsp3) is 0.483. The van der Waals surface area contributed by atoms with Crippen molar-refractivity contribution < 1.29 is 13.2 Å². The van der Waals surface area contributed by atoms with E-state index in [0.717, 1.165) is 78.7 Å². The Hall–Kier alpha value is -2.95. The summed E-state index contributed by atoms with van der Waals surface area (Å²) in [5, 5.41) is 0.983. The molecule has 0 atom stereocenters. The van der Waals surface area contributed by atoms with Gasteiger partial charge in [-0.2, -0.15) is 0 Å². The van der Waals surface area contributed by atoms with E-state index in [1.54, 1.807) is 4.90 Å². The molecule has 1 N–H and O–H groups in total. The zero-order chi connectivity index (χ0) is 26.9. The molecule has 9 nitrogen and oxygen atoms in total. The number of piperidine rings is 1. The number of anilines is 3. The quantitative estimate of drug-likeness (QED) is 0.482. The molecule has 0 unspecified atom stereocenters. The normalized spacial score (nSPS) is 20.7. The first-order chi connectivity index (χ1) is 18.7. The number of sulfonamides is 1. The molecule has 0 radical (unpaired) electrons. The van der Waals surface area contributed by atoms with Crippen LogP contribution in [0.25, 0.3) is 22.0 Å². The number of rotatable bonds is 5.